The number of aliphatic hydroxyl groups is 1. The van der Waals surface area contributed by atoms with Gasteiger partial charge in [-0.2, -0.15) is 4.98 Å². The Hall–Kier alpha value is -2.30. The number of nitrogens with two attached hydrogens (primary N) is 1. The molecule has 2 aliphatic rings. The highest BCUT2D eigenvalue weighted by Crippen LogP contribution is 2.48. The van der Waals surface area contributed by atoms with E-state index in [1.807, 2.05) is 4.90 Å². The second kappa shape index (κ2) is 8.09. The maximum absolute atomic E-state index is 12.2. The minimum absolute atomic E-state index is 0.00720. The number of hydrogen-bond acceptors (Lipinski definition) is 9. The van der Waals surface area contributed by atoms with E-state index in [2.05, 4.69) is 15.3 Å². The van der Waals surface area contributed by atoms with Crippen molar-refractivity contribution in [3.63, 3.8) is 0 Å². The van der Waals surface area contributed by atoms with Gasteiger partial charge in [0.15, 0.2) is 5.82 Å². The molecule has 1 aromatic carbocycles. The fourth-order valence-corrected chi connectivity index (χ4v) is 4.75. The number of nitrogens with one attached hydrogen (secondary N) is 2. The number of nitrogens with zero attached hydrogens (tertiary/aromatic N) is 2. The number of nitrogen functional groups attached to an aromatic ring is 1. The van der Waals surface area contributed by atoms with Crippen LogP contribution in [0.2, 0.25) is 5.02 Å². The van der Waals surface area contributed by atoms with Crippen LogP contribution in [0, 0.1) is 11.8 Å². The van der Waals surface area contributed by atoms with E-state index in [9.17, 15) is 19.4 Å². The molecule has 0 bridgehead atoms. The highest BCUT2D eigenvalue weighted by Gasteiger charge is 2.47. The summed E-state index contributed by atoms with van der Waals surface area (Å²) in [6, 6.07) is 5.86. The fraction of sp³-hybridized carbons (Fsp3) is 0.412. The molecule has 0 saturated heterocycles. The van der Waals surface area contributed by atoms with Gasteiger partial charge in [-0.3, -0.25) is 19.2 Å². The van der Waals surface area contributed by atoms with Crippen LogP contribution in [0.25, 0.3) is 0 Å². The average Bonchev–Trinajstić information content (AvgIpc) is 3.06. The third kappa shape index (κ3) is 4.12. The highest BCUT2D eigenvalue weighted by molar-refractivity contribution is 7.47. The maximum atomic E-state index is 12.2. The average molecular weight is 458 g/mol. The molecule has 0 spiro atoms. The van der Waals surface area contributed by atoms with Crippen LogP contribution in [0.4, 0.5) is 17.5 Å². The molecule has 1 unspecified atom stereocenters. The summed E-state index contributed by atoms with van der Waals surface area (Å²) in [4.78, 5) is 30.4. The lowest BCUT2D eigenvalue weighted by Crippen LogP contribution is -2.55. The van der Waals surface area contributed by atoms with Crippen molar-refractivity contribution in [1.29, 1.82) is 0 Å². The Labute approximate surface area is 176 Å². The van der Waals surface area contributed by atoms with Gasteiger partial charge in [-0.15, -0.1) is 0 Å². The summed E-state index contributed by atoms with van der Waals surface area (Å²) in [7, 11) is -4.34. The number of anilines is 3. The molecule has 1 saturated carbocycles. The van der Waals surface area contributed by atoms with Gasteiger partial charge in [-0.1, -0.05) is 11.6 Å². The fourth-order valence-electron chi connectivity index (χ4n) is 3.80. The lowest BCUT2D eigenvalue weighted by atomic mass is 9.69. The molecule has 6 N–H and O–H groups in total. The third-order valence-electron chi connectivity index (χ3n) is 5.36. The number of fused-ring (bicyclic) bond motifs is 1. The van der Waals surface area contributed by atoms with Crippen molar-refractivity contribution in [2.24, 2.45) is 11.8 Å². The van der Waals surface area contributed by atoms with Gasteiger partial charge in [0.05, 0.1) is 13.3 Å². The van der Waals surface area contributed by atoms with E-state index in [4.69, 9.17) is 26.4 Å². The van der Waals surface area contributed by atoms with Crippen LogP contribution < -0.4 is 26.0 Å². The lowest BCUT2D eigenvalue weighted by molar-refractivity contribution is 0.0217. The molecule has 2 heterocycles. The molecule has 1 aliphatic heterocycles. The Morgan fingerprint density at radius 1 is 1.37 bits per heavy atom. The number of phosphoric acid groups is 1. The minimum atomic E-state index is -4.34. The molecule has 11 nitrogen and oxygen atoms in total. The number of aromatic nitrogens is 2. The van der Waals surface area contributed by atoms with Gasteiger partial charge >= 0.3 is 7.82 Å². The normalized spacial score (nSPS) is 24.5. The molecule has 1 aromatic heterocycles. The molecule has 162 valence electrons. The van der Waals surface area contributed by atoms with Crippen molar-refractivity contribution in [3.8, 4) is 5.75 Å². The summed E-state index contributed by atoms with van der Waals surface area (Å²) in [5.74, 6) is 0.183. The molecule has 2 aromatic rings. The summed E-state index contributed by atoms with van der Waals surface area (Å²) >= 11 is 5.78. The van der Waals surface area contributed by atoms with Gasteiger partial charge in [-0.25, -0.2) is 4.57 Å². The van der Waals surface area contributed by atoms with Crippen molar-refractivity contribution in [3.05, 3.63) is 39.6 Å². The Morgan fingerprint density at radius 3 is 2.80 bits per heavy atom. The van der Waals surface area contributed by atoms with Crippen LogP contribution in [0.1, 0.15) is 6.42 Å². The Morgan fingerprint density at radius 2 is 2.10 bits per heavy atom. The number of rotatable bonds is 7. The van der Waals surface area contributed by atoms with Crippen LogP contribution in [-0.2, 0) is 9.09 Å². The number of aliphatic hydroxyl groups excluding tert-OH is 1. The Balaban J connectivity index is 1.38. The number of aromatic amines is 1. The second-order valence-corrected chi connectivity index (χ2v) is 8.99. The van der Waals surface area contributed by atoms with Gasteiger partial charge in [0.1, 0.15) is 11.4 Å². The van der Waals surface area contributed by atoms with Gasteiger partial charge < -0.3 is 25.6 Å². The molecular weight excluding hydrogens is 437 g/mol. The van der Waals surface area contributed by atoms with E-state index in [0.717, 1.165) is 0 Å². The first-order chi connectivity index (χ1) is 14.3. The van der Waals surface area contributed by atoms with E-state index in [1.165, 1.54) is 24.3 Å². The number of benzene rings is 1. The third-order valence-corrected chi connectivity index (χ3v) is 6.53. The summed E-state index contributed by atoms with van der Waals surface area (Å²) in [6.45, 7) is 0.126. The summed E-state index contributed by atoms with van der Waals surface area (Å²) in [6.07, 6.45) is 0.571. The first-order valence-corrected chi connectivity index (χ1v) is 11.1. The van der Waals surface area contributed by atoms with Crippen molar-refractivity contribution >= 4 is 36.9 Å². The van der Waals surface area contributed by atoms with Crippen LogP contribution in [0.3, 0.4) is 0 Å². The van der Waals surface area contributed by atoms with Crippen molar-refractivity contribution in [2.45, 2.75) is 12.5 Å². The molecule has 4 atom stereocenters. The van der Waals surface area contributed by atoms with Crippen molar-refractivity contribution in [2.75, 3.05) is 35.8 Å². The van der Waals surface area contributed by atoms with Crippen LogP contribution in [0.15, 0.2) is 29.1 Å². The zero-order valence-electron chi connectivity index (χ0n) is 15.7. The summed E-state index contributed by atoms with van der Waals surface area (Å²) in [5, 5.41) is 13.3. The summed E-state index contributed by atoms with van der Waals surface area (Å²) < 4.78 is 22.4. The topological polar surface area (TPSA) is 163 Å². The predicted molar refractivity (Wildman–Crippen MR) is 111 cm³/mol. The number of phosphoric ester groups is 1. The summed E-state index contributed by atoms with van der Waals surface area (Å²) in [5.41, 5.74) is 5.61. The quantitative estimate of drug-likeness (QED) is 0.384. The van der Waals surface area contributed by atoms with E-state index in [0.29, 0.717) is 29.6 Å². The van der Waals surface area contributed by atoms with Crippen LogP contribution in [0.5, 0.6) is 5.75 Å². The number of H-pyrrole nitrogens is 1. The molecule has 1 fully saturated rings. The standard InChI is InChI=1S/C17H21ClN5O6P/c18-10-1-3-11(4-2-10)29-30(26,27)28-7-9-5-13(12(9)6-24)23-8-20-14-15(23)21-17(19)22-16(14)25/h1-4,9,12-13,20,24H,5-8H2,(H,26,27)(H3,19,21,22,25)/t9-,12-,13-/m1/s1. The predicted octanol–water partition coefficient (Wildman–Crippen LogP) is 1.39. The van der Waals surface area contributed by atoms with E-state index in [1.54, 1.807) is 0 Å². The van der Waals surface area contributed by atoms with Crippen molar-refractivity contribution in [1.82, 2.24) is 9.97 Å². The van der Waals surface area contributed by atoms with Crippen LogP contribution in [-0.4, -0.2) is 45.9 Å². The lowest BCUT2D eigenvalue weighted by Gasteiger charge is -2.48. The number of halogens is 1. The zero-order chi connectivity index (χ0) is 21.5. The molecular formula is C17H21ClN5O6P. The first-order valence-electron chi connectivity index (χ1n) is 9.21. The first kappa shape index (κ1) is 21.0. The number of hydrogen-bond donors (Lipinski definition) is 5. The SMILES string of the molecule is Nc1nc2c(c(=O)[nH]1)NCN2[C@@H]1C[C@H](COP(=O)(O)Oc2ccc(Cl)cc2)[C@H]1CO. The van der Waals surface area contributed by atoms with E-state index in [-0.39, 0.29) is 48.3 Å². The van der Waals surface area contributed by atoms with Crippen LogP contribution >= 0.6 is 19.4 Å². The molecule has 1 aliphatic carbocycles. The van der Waals surface area contributed by atoms with Gasteiger partial charge in [0.2, 0.25) is 5.95 Å². The molecule has 30 heavy (non-hydrogen) atoms. The Kier molecular flexibility index (Phi) is 5.65. The monoisotopic (exact) mass is 457 g/mol. The minimum Gasteiger partial charge on any atom is -0.404 e. The van der Waals surface area contributed by atoms with Gasteiger partial charge in [0.25, 0.3) is 5.56 Å². The maximum Gasteiger partial charge on any atom is 0.527 e. The smallest absolute Gasteiger partial charge is 0.404 e. The zero-order valence-corrected chi connectivity index (χ0v) is 17.3. The highest BCUT2D eigenvalue weighted by atomic mass is 35.5. The van der Waals surface area contributed by atoms with Gasteiger partial charge in [0, 0.05) is 23.6 Å². The van der Waals surface area contributed by atoms with Gasteiger partial charge in [-0.05, 0) is 36.6 Å². The molecule has 4 rings (SSSR count). The molecule has 0 radical (unpaired) electrons. The molecule has 0 amide bonds. The second-order valence-electron chi connectivity index (χ2n) is 7.17. The Bertz CT molecular complexity index is 1030. The molecule has 13 heteroatoms. The van der Waals surface area contributed by atoms with E-state index < -0.39 is 7.82 Å². The van der Waals surface area contributed by atoms with Crippen molar-refractivity contribution < 1.29 is 23.6 Å². The van der Waals surface area contributed by atoms with E-state index >= 15 is 0 Å². The largest absolute Gasteiger partial charge is 0.527 e.